The van der Waals surface area contributed by atoms with Crippen molar-refractivity contribution in [1.29, 1.82) is 0 Å². The highest BCUT2D eigenvalue weighted by Gasteiger charge is 2.35. The minimum Gasteiger partial charge on any atom is -0.494 e. The summed E-state index contributed by atoms with van der Waals surface area (Å²) in [5, 5.41) is 16.0. The number of nitrogens with zero attached hydrogens (tertiary/aromatic N) is 3. The highest BCUT2D eigenvalue weighted by molar-refractivity contribution is 7.71. The molecule has 1 aliphatic heterocycles. The van der Waals surface area contributed by atoms with Gasteiger partial charge in [0.05, 0.1) is 18.4 Å². The molecule has 142 valence electrons. The van der Waals surface area contributed by atoms with Gasteiger partial charge in [-0.25, -0.2) is 5.01 Å². The van der Waals surface area contributed by atoms with Crippen molar-refractivity contribution in [3.05, 3.63) is 50.5 Å². The molecule has 1 aromatic carbocycles. The number of ether oxygens (including phenoxy) is 1. The Morgan fingerprint density at radius 2 is 2.15 bits per heavy atom. The zero-order chi connectivity index (χ0) is 19.7. The number of benzene rings is 1. The molecule has 2 N–H and O–H groups in total. The minimum atomic E-state index is -0.545. The summed E-state index contributed by atoms with van der Waals surface area (Å²) >= 11 is 5.00. The van der Waals surface area contributed by atoms with Crippen LogP contribution >= 0.6 is 12.2 Å². The van der Waals surface area contributed by atoms with E-state index in [1.54, 1.807) is 0 Å². The summed E-state index contributed by atoms with van der Waals surface area (Å²) < 4.78 is 7.06. The average Bonchev–Trinajstić information content (AvgIpc) is 3.05. The van der Waals surface area contributed by atoms with E-state index in [1.165, 1.54) is 23.5 Å². The third kappa shape index (κ3) is 3.37. The molecule has 0 aliphatic carbocycles. The fourth-order valence-electron chi connectivity index (χ4n) is 3.11. The molecule has 0 saturated carbocycles. The van der Waals surface area contributed by atoms with Crippen LogP contribution in [0.25, 0.3) is 0 Å². The zero-order valence-corrected chi connectivity index (χ0v) is 16.0. The Morgan fingerprint density at radius 1 is 1.44 bits per heavy atom. The average molecular weight is 388 g/mol. The van der Waals surface area contributed by atoms with Crippen molar-refractivity contribution in [2.45, 2.75) is 26.3 Å². The Morgan fingerprint density at radius 3 is 2.81 bits per heavy atom. The van der Waals surface area contributed by atoms with Crippen molar-refractivity contribution in [2.24, 2.45) is 12.1 Å². The first-order valence-electron chi connectivity index (χ1n) is 8.46. The Bertz CT molecular complexity index is 1040. The summed E-state index contributed by atoms with van der Waals surface area (Å²) in [5.41, 5.74) is 0.560. The minimum absolute atomic E-state index is 0.00809. The Labute approximate surface area is 160 Å². The second-order valence-corrected chi connectivity index (χ2v) is 6.50. The predicted molar refractivity (Wildman–Crippen MR) is 103 cm³/mol. The molecule has 2 aromatic rings. The van der Waals surface area contributed by atoms with Gasteiger partial charge in [0.25, 0.3) is 5.56 Å². The number of H-pyrrole nitrogens is 1. The third-order valence-corrected chi connectivity index (χ3v) is 4.77. The fourth-order valence-corrected chi connectivity index (χ4v) is 3.28. The molecular weight excluding hydrogens is 368 g/mol. The standard InChI is InChI=1S/C18H20N4O4S/c1-4-26-14-8-6-5-7-11(14)13-9-12(20-22(13)10(2)23)15-16(24)19-18(27)21(3)17(15)25/h5-8,13,25H,4,9H2,1-3H3,(H,19,24,27)/t13-/m0/s1. The molecular formula is C18H20N4O4S. The van der Waals surface area contributed by atoms with E-state index in [-0.39, 0.29) is 28.5 Å². The van der Waals surface area contributed by atoms with Crippen molar-refractivity contribution in [3.8, 4) is 11.6 Å². The van der Waals surface area contributed by atoms with E-state index < -0.39 is 11.6 Å². The first kappa shape index (κ1) is 18.8. The van der Waals surface area contributed by atoms with Gasteiger partial charge in [-0.2, -0.15) is 5.10 Å². The second-order valence-electron chi connectivity index (χ2n) is 6.12. The maximum atomic E-state index is 12.4. The number of aromatic hydroxyl groups is 1. The molecule has 1 aromatic heterocycles. The van der Waals surface area contributed by atoms with E-state index in [4.69, 9.17) is 17.0 Å². The zero-order valence-electron chi connectivity index (χ0n) is 15.2. The van der Waals surface area contributed by atoms with Gasteiger partial charge in [-0.15, -0.1) is 0 Å². The Balaban J connectivity index is 2.10. The highest BCUT2D eigenvalue weighted by Crippen LogP contribution is 2.37. The molecule has 1 amide bonds. The number of rotatable bonds is 4. The van der Waals surface area contributed by atoms with Crippen LogP contribution < -0.4 is 10.3 Å². The van der Waals surface area contributed by atoms with E-state index in [0.29, 0.717) is 18.1 Å². The number of aromatic amines is 1. The van der Waals surface area contributed by atoms with Gasteiger partial charge in [-0.1, -0.05) is 18.2 Å². The summed E-state index contributed by atoms with van der Waals surface area (Å²) in [7, 11) is 1.54. The van der Waals surface area contributed by atoms with Crippen molar-refractivity contribution in [1.82, 2.24) is 14.6 Å². The van der Waals surface area contributed by atoms with Crippen LogP contribution in [0.1, 0.15) is 37.4 Å². The summed E-state index contributed by atoms with van der Waals surface area (Å²) in [4.78, 5) is 27.1. The summed E-state index contributed by atoms with van der Waals surface area (Å²) in [6.45, 7) is 3.76. The van der Waals surface area contributed by atoms with E-state index in [2.05, 4.69) is 10.1 Å². The molecule has 2 heterocycles. The van der Waals surface area contributed by atoms with Gasteiger partial charge in [0.1, 0.15) is 11.3 Å². The quantitative estimate of drug-likeness (QED) is 0.783. The lowest BCUT2D eigenvalue weighted by molar-refractivity contribution is -0.130. The maximum Gasteiger partial charge on any atom is 0.264 e. The van der Waals surface area contributed by atoms with Gasteiger partial charge in [0, 0.05) is 26.0 Å². The van der Waals surface area contributed by atoms with Crippen molar-refractivity contribution in [3.63, 3.8) is 0 Å². The summed E-state index contributed by atoms with van der Waals surface area (Å²) in [5.74, 6) is 0.0866. The number of hydrogen-bond acceptors (Lipinski definition) is 6. The molecule has 0 spiro atoms. The number of aromatic nitrogens is 2. The van der Waals surface area contributed by atoms with Crippen LogP contribution in [0.4, 0.5) is 0 Å². The topological polar surface area (TPSA) is 99.9 Å². The van der Waals surface area contributed by atoms with E-state index in [9.17, 15) is 14.7 Å². The first-order chi connectivity index (χ1) is 12.8. The van der Waals surface area contributed by atoms with Gasteiger partial charge < -0.3 is 9.84 Å². The number of carbonyl (C=O) groups excluding carboxylic acids is 1. The molecule has 8 nitrogen and oxygen atoms in total. The smallest absolute Gasteiger partial charge is 0.264 e. The van der Waals surface area contributed by atoms with E-state index in [0.717, 1.165) is 5.56 Å². The van der Waals surface area contributed by atoms with Crippen molar-refractivity contribution >= 4 is 23.8 Å². The number of amides is 1. The number of nitrogens with one attached hydrogen (secondary N) is 1. The Hall–Kier alpha value is -2.94. The molecule has 3 rings (SSSR count). The van der Waals surface area contributed by atoms with Crippen LogP contribution in [-0.4, -0.2) is 37.9 Å². The number of carbonyl (C=O) groups is 1. The van der Waals surface area contributed by atoms with Gasteiger partial charge in [-0.05, 0) is 25.2 Å². The van der Waals surface area contributed by atoms with E-state index in [1.807, 2.05) is 31.2 Å². The fraction of sp³-hybridized carbons (Fsp3) is 0.333. The lowest BCUT2D eigenvalue weighted by atomic mass is 9.98. The van der Waals surface area contributed by atoms with Crippen LogP contribution in [-0.2, 0) is 11.8 Å². The summed E-state index contributed by atoms with van der Waals surface area (Å²) in [6, 6.07) is 6.95. The largest absolute Gasteiger partial charge is 0.494 e. The molecule has 0 saturated heterocycles. The van der Waals surface area contributed by atoms with Gasteiger partial charge in [0.15, 0.2) is 4.77 Å². The van der Waals surface area contributed by atoms with E-state index >= 15 is 0 Å². The Kier molecular flexibility index (Phi) is 5.13. The molecule has 0 radical (unpaired) electrons. The van der Waals surface area contributed by atoms with Gasteiger partial charge in [0.2, 0.25) is 11.8 Å². The lowest BCUT2D eigenvalue weighted by Crippen LogP contribution is -2.24. The lowest BCUT2D eigenvalue weighted by Gasteiger charge is -2.22. The first-order valence-corrected chi connectivity index (χ1v) is 8.87. The predicted octanol–water partition coefficient (Wildman–Crippen LogP) is 2.24. The molecule has 27 heavy (non-hydrogen) atoms. The maximum absolute atomic E-state index is 12.4. The van der Waals surface area contributed by atoms with Crippen LogP contribution in [0.3, 0.4) is 0 Å². The molecule has 9 heteroatoms. The number of hydrogen-bond donors (Lipinski definition) is 2. The van der Waals surface area contributed by atoms with Crippen LogP contribution in [0.5, 0.6) is 11.6 Å². The van der Waals surface area contributed by atoms with Crippen LogP contribution in [0, 0.1) is 4.77 Å². The van der Waals surface area contributed by atoms with Gasteiger partial charge in [-0.3, -0.25) is 19.1 Å². The second kappa shape index (κ2) is 7.36. The monoisotopic (exact) mass is 388 g/mol. The van der Waals surface area contributed by atoms with Crippen LogP contribution in [0.15, 0.2) is 34.2 Å². The molecule has 0 unspecified atom stereocenters. The molecule has 0 bridgehead atoms. The molecule has 1 aliphatic rings. The molecule has 0 fully saturated rings. The molecule has 1 atom stereocenters. The van der Waals surface area contributed by atoms with Crippen molar-refractivity contribution < 1.29 is 14.6 Å². The van der Waals surface area contributed by atoms with Gasteiger partial charge >= 0.3 is 0 Å². The van der Waals surface area contributed by atoms with Crippen molar-refractivity contribution in [2.75, 3.05) is 6.61 Å². The number of hydrazone groups is 1. The SMILES string of the molecule is CCOc1ccccc1[C@@H]1CC(c2c(O)n(C)c(=S)[nH]c2=O)=NN1C(C)=O. The van der Waals surface area contributed by atoms with Crippen LogP contribution in [0.2, 0.25) is 0 Å². The normalized spacial score (nSPS) is 16.3. The number of para-hydroxylation sites is 1. The summed E-state index contributed by atoms with van der Waals surface area (Å²) in [6.07, 6.45) is 0.261. The highest BCUT2D eigenvalue weighted by atomic mass is 32.1. The third-order valence-electron chi connectivity index (χ3n) is 4.39.